The number of anilines is 2. The van der Waals surface area contributed by atoms with Crippen molar-refractivity contribution in [1.82, 2.24) is 10.3 Å². The summed E-state index contributed by atoms with van der Waals surface area (Å²) in [6.45, 7) is 5.39. The topological polar surface area (TPSA) is 48.5 Å². The molecule has 0 aliphatic carbocycles. The molecule has 1 aliphatic heterocycles. The number of halogens is 1. The molecule has 1 N–H and O–H groups in total. The number of amides is 1. The number of para-hydroxylation sites is 1. The molecule has 1 amide bonds. The van der Waals surface area contributed by atoms with E-state index in [1.54, 1.807) is 12.3 Å². The van der Waals surface area contributed by atoms with Gasteiger partial charge in [0, 0.05) is 49.9 Å². The summed E-state index contributed by atoms with van der Waals surface area (Å²) in [5, 5.41) is 5.00. The number of rotatable bonds is 5. The van der Waals surface area contributed by atoms with Gasteiger partial charge in [-0.2, -0.15) is 0 Å². The van der Waals surface area contributed by atoms with E-state index in [2.05, 4.69) is 20.1 Å². The van der Waals surface area contributed by atoms with Crippen molar-refractivity contribution < 1.29 is 9.18 Å². The molecule has 5 nitrogen and oxygen atoms in total. The van der Waals surface area contributed by atoms with Gasteiger partial charge in [0.25, 0.3) is 5.91 Å². The number of hydrogen-bond acceptors (Lipinski definition) is 4. The number of nitrogens with zero attached hydrogens (tertiary/aromatic N) is 3. The standard InChI is InChI=1S/C28H27FN4O/c1-20-6-8-21(9-7-20)19-31-28(34)23-11-10-22-12-13-30-27(24(22)18-23)33-16-14-32(15-17-33)26-5-3-2-4-25(26)29/h2-13,18H,14-17,19H2,1H3,(H,31,34). The average Bonchev–Trinajstić information content (AvgIpc) is 2.88. The summed E-state index contributed by atoms with van der Waals surface area (Å²) in [4.78, 5) is 21.8. The zero-order valence-corrected chi connectivity index (χ0v) is 19.2. The highest BCUT2D eigenvalue weighted by atomic mass is 19.1. The van der Waals surface area contributed by atoms with Crippen LogP contribution in [0, 0.1) is 12.7 Å². The highest BCUT2D eigenvalue weighted by molar-refractivity contribution is 6.01. The van der Waals surface area contributed by atoms with E-state index in [1.807, 2.05) is 67.6 Å². The van der Waals surface area contributed by atoms with Crippen molar-refractivity contribution in [3.8, 4) is 0 Å². The van der Waals surface area contributed by atoms with Crippen LogP contribution >= 0.6 is 0 Å². The molecule has 0 radical (unpaired) electrons. The fourth-order valence-corrected chi connectivity index (χ4v) is 4.40. The molecule has 4 aromatic rings. The molecule has 1 aliphatic rings. The third-order valence-electron chi connectivity index (χ3n) is 6.35. The Morgan fingerprint density at radius 1 is 0.941 bits per heavy atom. The highest BCUT2D eigenvalue weighted by Gasteiger charge is 2.22. The number of nitrogens with one attached hydrogen (secondary N) is 1. The van der Waals surface area contributed by atoms with Crippen molar-refractivity contribution in [2.75, 3.05) is 36.0 Å². The van der Waals surface area contributed by atoms with Crippen LogP contribution < -0.4 is 15.1 Å². The number of piperazine rings is 1. The van der Waals surface area contributed by atoms with Crippen LogP contribution in [0.1, 0.15) is 21.5 Å². The van der Waals surface area contributed by atoms with Crippen molar-refractivity contribution >= 4 is 28.2 Å². The summed E-state index contributed by atoms with van der Waals surface area (Å²) in [6, 6.07) is 22.7. The molecule has 1 fully saturated rings. The molecule has 3 aromatic carbocycles. The molecule has 0 atom stereocenters. The summed E-state index contributed by atoms with van der Waals surface area (Å²) in [6.07, 6.45) is 1.80. The molecule has 2 heterocycles. The van der Waals surface area contributed by atoms with E-state index in [-0.39, 0.29) is 11.7 Å². The van der Waals surface area contributed by atoms with Crippen LogP contribution in [-0.2, 0) is 6.54 Å². The first-order valence-electron chi connectivity index (χ1n) is 11.6. The molecule has 0 saturated carbocycles. The second kappa shape index (κ2) is 9.51. The van der Waals surface area contributed by atoms with Gasteiger partial charge < -0.3 is 15.1 Å². The Bertz CT molecular complexity index is 1310. The van der Waals surface area contributed by atoms with E-state index < -0.39 is 0 Å². The molecule has 34 heavy (non-hydrogen) atoms. The second-order valence-corrected chi connectivity index (χ2v) is 8.66. The molecule has 0 unspecified atom stereocenters. The minimum Gasteiger partial charge on any atom is -0.366 e. The Hall–Kier alpha value is -3.93. The van der Waals surface area contributed by atoms with Crippen molar-refractivity contribution in [1.29, 1.82) is 0 Å². The van der Waals surface area contributed by atoms with Gasteiger partial charge in [-0.3, -0.25) is 4.79 Å². The molecule has 172 valence electrons. The quantitative estimate of drug-likeness (QED) is 0.464. The SMILES string of the molecule is Cc1ccc(CNC(=O)c2ccc3ccnc(N4CCN(c5ccccc5F)CC4)c3c2)cc1. The summed E-state index contributed by atoms with van der Waals surface area (Å²) in [7, 11) is 0. The Labute approximate surface area is 198 Å². The lowest BCUT2D eigenvalue weighted by molar-refractivity contribution is 0.0951. The molecule has 0 spiro atoms. The Morgan fingerprint density at radius 3 is 2.44 bits per heavy atom. The van der Waals surface area contributed by atoms with E-state index in [0.717, 1.165) is 35.2 Å². The summed E-state index contributed by atoms with van der Waals surface area (Å²) in [5.41, 5.74) is 3.51. The van der Waals surface area contributed by atoms with Gasteiger partial charge in [-0.25, -0.2) is 9.37 Å². The first kappa shape index (κ1) is 21.9. The predicted molar refractivity (Wildman–Crippen MR) is 135 cm³/mol. The van der Waals surface area contributed by atoms with Crippen LogP contribution in [0.2, 0.25) is 0 Å². The van der Waals surface area contributed by atoms with Gasteiger partial charge in [0.15, 0.2) is 0 Å². The van der Waals surface area contributed by atoms with Gasteiger partial charge in [0.1, 0.15) is 11.6 Å². The number of fused-ring (bicyclic) bond motifs is 1. The Balaban J connectivity index is 1.32. The molecule has 1 aromatic heterocycles. The Kier molecular flexibility index (Phi) is 6.12. The normalized spacial score (nSPS) is 13.8. The van der Waals surface area contributed by atoms with E-state index in [1.165, 1.54) is 11.6 Å². The number of benzene rings is 3. The minimum absolute atomic E-state index is 0.110. The molecular formula is C28H27FN4O. The fraction of sp³-hybridized carbons (Fsp3) is 0.214. The maximum Gasteiger partial charge on any atom is 0.251 e. The molecule has 5 rings (SSSR count). The van der Waals surface area contributed by atoms with Gasteiger partial charge in [-0.15, -0.1) is 0 Å². The lowest BCUT2D eigenvalue weighted by Crippen LogP contribution is -2.47. The van der Waals surface area contributed by atoms with Crippen LogP contribution in [0.25, 0.3) is 10.8 Å². The van der Waals surface area contributed by atoms with Gasteiger partial charge in [0.2, 0.25) is 0 Å². The zero-order valence-electron chi connectivity index (χ0n) is 19.2. The number of carbonyl (C=O) groups is 1. The van der Waals surface area contributed by atoms with Crippen molar-refractivity contribution in [2.24, 2.45) is 0 Å². The van der Waals surface area contributed by atoms with E-state index in [4.69, 9.17) is 0 Å². The third kappa shape index (κ3) is 4.57. The highest BCUT2D eigenvalue weighted by Crippen LogP contribution is 2.28. The summed E-state index contributed by atoms with van der Waals surface area (Å²) < 4.78 is 14.2. The van der Waals surface area contributed by atoms with Crippen LogP contribution in [0.3, 0.4) is 0 Å². The largest absolute Gasteiger partial charge is 0.366 e. The molecule has 0 bridgehead atoms. The third-order valence-corrected chi connectivity index (χ3v) is 6.35. The van der Waals surface area contributed by atoms with Crippen LogP contribution in [0.4, 0.5) is 15.9 Å². The van der Waals surface area contributed by atoms with Crippen molar-refractivity contribution in [3.63, 3.8) is 0 Å². The average molecular weight is 455 g/mol. The lowest BCUT2D eigenvalue weighted by atomic mass is 10.1. The van der Waals surface area contributed by atoms with E-state index >= 15 is 0 Å². The maximum absolute atomic E-state index is 14.2. The lowest BCUT2D eigenvalue weighted by Gasteiger charge is -2.37. The Morgan fingerprint density at radius 2 is 1.68 bits per heavy atom. The van der Waals surface area contributed by atoms with E-state index in [9.17, 15) is 9.18 Å². The van der Waals surface area contributed by atoms with Gasteiger partial charge in [-0.1, -0.05) is 48.0 Å². The second-order valence-electron chi connectivity index (χ2n) is 8.66. The monoisotopic (exact) mass is 454 g/mol. The number of hydrogen-bond donors (Lipinski definition) is 1. The minimum atomic E-state index is -0.194. The van der Waals surface area contributed by atoms with Crippen LogP contribution in [0.15, 0.2) is 79.0 Å². The predicted octanol–water partition coefficient (Wildman–Crippen LogP) is 4.94. The van der Waals surface area contributed by atoms with Gasteiger partial charge >= 0.3 is 0 Å². The number of aryl methyl sites for hydroxylation is 1. The van der Waals surface area contributed by atoms with Gasteiger partial charge in [0.05, 0.1) is 5.69 Å². The van der Waals surface area contributed by atoms with Crippen molar-refractivity contribution in [2.45, 2.75) is 13.5 Å². The number of pyridine rings is 1. The van der Waals surface area contributed by atoms with Crippen molar-refractivity contribution in [3.05, 3.63) is 102 Å². The van der Waals surface area contributed by atoms with Gasteiger partial charge in [-0.05, 0) is 48.2 Å². The smallest absolute Gasteiger partial charge is 0.251 e. The van der Waals surface area contributed by atoms with Crippen LogP contribution in [-0.4, -0.2) is 37.1 Å². The first-order chi connectivity index (χ1) is 16.6. The first-order valence-corrected chi connectivity index (χ1v) is 11.6. The molecule has 1 saturated heterocycles. The number of aromatic nitrogens is 1. The zero-order chi connectivity index (χ0) is 23.5. The molecule has 6 heteroatoms. The van der Waals surface area contributed by atoms with E-state index in [0.29, 0.717) is 30.9 Å². The van der Waals surface area contributed by atoms with Crippen LogP contribution in [0.5, 0.6) is 0 Å². The molecular weight excluding hydrogens is 427 g/mol. The summed E-state index contributed by atoms with van der Waals surface area (Å²) >= 11 is 0. The number of carbonyl (C=O) groups excluding carboxylic acids is 1. The maximum atomic E-state index is 14.2. The fourth-order valence-electron chi connectivity index (χ4n) is 4.40. The summed E-state index contributed by atoms with van der Waals surface area (Å²) in [5.74, 6) is 0.557.